The molecule has 2 unspecified atom stereocenters. The topological polar surface area (TPSA) is 46.5 Å². The Morgan fingerprint density at radius 2 is 2.15 bits per heavy atom. The number of rotatable bonds is 2. The molecule has 0 spiro atoms. The Hall–Kier alpha value is -0.380. The molecule has 2 atom stereocenters. The number of aliphatic hydroxyl groups is 1. The molecule has 0 aromatic carbocycles. The summed E-state index contributed by atoms with van der Waals surface area (Å²) in [5.74, 6) is -0.216. The normalized spacial score (nSPS) is 29.7. The Morgan fingerprint density at radius 3 is 2.62 bits per heavy atom. The summed E-state index contributed by atoms with van der Waals surface area (Å²) in [7, 11) is 0. The molecule has 1 rings (SSSR count). The van der Waals surface area contributed by atoms with E-state index in [2.05, 4.69) is 0 Å². The zero-order chi connectivity index (χ0) is 10.0. The lowest BCUT2D eigenvalue weighted by Gasteiger charge is -2.27. The number of Topliss-reactive ketones (excluding diaryl/α,β-unsaturated/α-hetero) is 1. The van der Waals surface area contributed by atoms with E-state index in [0.29, 0.717) is 18.4 Å². The number of carbonyl (C=O) groups excluding carboxylic acids is 1. The highest BCUT2D eigenvalue weighted by Gasteiger charge is 2.32. The van der Waals surface area contributed by atoms with Gasteiger partial charge in [0.25, 0.3) is 0 Å². The average molecular weight is 205 g/mol. The molecule has 1 aliphatic heterocycles. The summed E-state index contributed by atoms with van der Waals surface area (Å²) in [6.45, 7) is 3.64. The molecular formula is C9H13ClO3. The van der Waals surface area contributed by atoms with E-state index in [9.17, 15) is 9.90 Å². The Kier molecular flexibility index (Phi) is 3.47. The van der Waals surface area contributed by atoms with Crippen molar-refractivity contribution in [2.24, 2.45) is 0 Å². The van der Waals surface area contributed by atoms with Crippen molar-refractivity contribution in [3.63, 3.8) is 0 Å². The predicted octanol–water partition coefficient (Wildman–Crippen LogP) is 1.59. The second kappa shape index (κ2) is 4.22. The zero-order valence-corrected chi connectivity index (χ0v) is 8.47. The first kappa shape index (κ1) is 10.7. The molecule has 0 aromatic rings. The van der Waals surface area contributed by atoms with Crippen LogP contribution in [0.25, 0.3) is 0 Å². The van der Waals surface area contributed by atoms with Gasteiger partial charge >= 0.3 is 0 Å². The van der Waals surface area contributed by atoms with Crippen molar-refractivity contribution in [1.82, 2.24) is 0 Å². The zero-order valence-electron chi connectivity index (χ0n) is 7.71. The van der Waals surface area contributed by atoms with Gasteiger partial charge in [-0.3, -0.25) is 4.79 Å². The van der Waals surface area contributed by atoms with Crippen LogP contribution in [0.1, 0.15) is 26.7 Å². The van der Waals surface area contributed by atoms with Crippen LogP contribution in [0.2, 0.25) is 0 Å². The van der Waals surface area contributed by atoms with Crippen molar-refractivity contribution in [3.8, 4) is 0 Å². The first-order valence-electron chi connectivity index (χ1n) is 4.38. The number of aliphatic hydroxyl groups excluding tert-OH is 1. The van der Waals surface area contributed by atoms with Gasteiger partial charge in [0.05, 0.1) is 5.03 Å². The van der Waals surface area contributed by atoms with Gasteiger partial charge in [-0.2, -0.15) is 0 Å². The SMILES string of the molecule is CCC1=C(Cl)C(=O)C(CC)OC1O. The van der Waals surface area contributed by atoms with E-state index in [4.69, 9.17) is 16.3 Å². The van der Waals surface area contributed by atoms with Gasteiger partial charge in [-0.05, 0) is 12.8 Å². The fourth-order valence-corrected chi connectivity index (χ4v) is 1.67. The van der Waals surface area contributed by atoms with Gasteiger partial charge in [0.15, 0.2) is 6.29 Å². The fraction of sp³-hybridized carbons (Fsp3) is 0.667. The lowest BCUT2D eigenvalue weighted by Crippen LogP contribution is -2.36. The summed E-state index contributed by atoms with van der Waals surface area (Å²) in [6.07, 6.45) is -0.538. The molecule has 4 heteroatoms. The molecule has 3 nitrogen and oxygen atoms in total. The van der Waals surface area contributed by atoms with Crippen molar-refractivity contribution in [3.05, 3.63) is 10.6 Å². The standard InChI is InChI=1S/C9H13ClO3/c1-3-5-7(10)8(11)6(4-2)13-9(5)12/h6,9,12H,3-4H2,1-2H3. The van der Waals surface area contributed by atoms with Crippen LogP contribution in [0, 0.1) is 0 Å². The average Bonchev–Trinajstić information content (AvgIpc) is 2.12. The molecule has 0 amide bonds. The highest BCUT2D eigenvalue weighted by molar-refractivity contribution is 6.43. The quantitative estimate of drug-likeness (QED) is 0.743. The maximum atomic E-state index is 11.4. The Balaban J connectivity index is 2.96. The van der Waals surface area contributed by atoms with E-state index >= 15 is 0 Å². The molecular weight excluding hydrogens is 192 g/mol. The monoisotopic (exact) mass is 204 g/mol. The summed E-state index contributed by atoms with van der Waals surface area (Å²) < 4.78 is 5.09. The Morgan fingerprint density at radius 1 is 1.54 bits per heavy atom. The first-order valence-corrected chi connectivity index (χ1v) is 4.75. The van der Waals surface area contributed by atoms with Crippen molar-refractivity contribution in [2.45, 2.75) is 39.1 Å². The van der Waals surface area contributed by atoms with Crippen LogP contribution in [0.3, 0.4) is 0 Å². The van der Waals surface area contributed by atoms with Gasteiger partial charge in [0.2, 0.25) is 5.78 Å². The minimum Gasteiger partial charge on any atom is -0.364 e. The van der Waals surface area contributed by atoms with Crippen molar-refractivity contribution >= 4 is 17.4 Å². The number of hydrogen-bond acceptors (Lipinski definition) is 3. The van der Waals surface area contributed by atoms with Crippen LogP contribution >= 0.6 is 11.6 Å². The van der Waals surface area contributed by atoms with Gasteiger partial charge < -0.3 is 9.84 Å². The second-order valence-electron chi connectivity index (χ2n) is 2.94. The summed E-state index contributed by atoms with van der Waals surface area (Å²) in [4.78, 5) is 11.4. The maximum Gasteiger partial charge on any atom is 0.203 e. The number of ketones is 1. The molecule has 0 saturated heterocycles. The minimum absolute atomic E-state index is 0.146. The van der Waals surface area contributed by atoms with Crippen molar-refractivity contribution < 1.29 is 14.6 Å². The molecule has 13 heavy (non-hydrogen) atoms. The van der Waals surface area contributed by atoms with Crippen LogP contribution in [0.4, 0.5) is 0 Å². The van der Waals surface area contributed by atoms with Crippen molar-refractivity contribution in [1.29, 1.82) is 0 Å². The molecule has 0 fully saturated rings. The van der Waals surface area contributed by atoms with Crippen LogP contribution in [0.5, 0.6) is 0 Å². The minimum atomic E-state index is -1.01. The van der Waals surface area contributed by atoms with E-state index in [1.165, 1.54) is 0 Å². The lowest BCUT2D eigenvalue weighted by atomic mass is 10.0. The largest absolute Gasteiger partial charge is 0.364 e. The molecule has 1 N–H and O–H groups in total. The number of hydrogen-bond donors (Lipinski definition) is 1. The summed E-state index contributed by atoms with van der Waals surface area (Å²) in [5.41, 5.74) is 0.483. The third kappa shape index (κ3) is 1.93. The third-order valence-electron chi connectivity index (χ3n) is 2.13. The highest BCUT2D eigenvalue weighted by Crippen LogP contribution is 2.27. The molecule has 0 saturated carbocycles. The van der Waals surface area contributed by atoms with Gasteiger partial charge in [-0.25, -0.2) is 0 Å². The molecule has 0 aliphatic carbocycles. The summed E-state index contributed by atoms with van der Waals surface area (Å²) in [6, 6.07) is 0. The molecule has 1 heterocycles. The number of carbonyl (C=O) groups is 1. The molecule has 0 bridgehead atoms. The summed E-state index contributed by atoms with van der Waals surface area (Å²) in [5, 5.41) is 9.59. The Labute approximate surface area is 82.3 Å². The van der Waals surface area contributed by atoms with Gasteiger partial charge in [-0.15, -0.1) is 0 Å². The molecule has 1 aliphatic rings. The second-order valence-corrected chi connectivity index (χ2v) is 3.32. The fourth-order valence-electron chi connectivity index (χ4n) is 1.32. The van der Waals surface area contributed by atoms with Gasteiger partial charge in [-0.1, -0.05) is 25.4 Å². The van der Waals surface area contributed by atoms with Crippen LogP contribution in [0.15, 0.2) is 10.6 Å². The summed E-state index contributed by atoms with van der Waals surface area (Å²) >= 11 is 5.79. The van der Waals surface area contributed by atoms with Crippen molar-refractivity contribution in [2.75, 3.05) is 0 Å². The molecule has 0 aromatic heterocycles. The maximum absolute atomic E-state index is 11.4. The smallest absolute Gasteiger partial charge is 0.203 e. The number of ether oxygens (including phenoxy) is 1. The Bertz CT molecular complexity index is 247. The molecule has 74 valence electrons. The van der Waals surface area contributed by atoms with E-state index < -0.39 is 12.4 Å². The van der Waals surface area contributed by atoms with Crippen LogP contribution in [-0.2, 0) is 9.53 Å². The van der Waals surface area contributed by atoms with E-state index in [1.54, 1.807) is 0 Å². The first-order chi connectivity index (χ1) is 6.11. The third-order valence-corrected chi connectivity index (χ3v) is 2.56. The van der Waals surface area contributed by atoms with Crippen LogP contribution < -0.4 is 0 Å². The molecule has 0 radical (unpaired) electrons. The number of halogens is 1. The lowest BCUT2D eigenvalue weighted by molar-refractivity contribution is -0.152. The van der Waals surface area contributed by atoms with E-state index in [-0.39, 0.29) is 10.8 Å². The van der Waals surface area contributed by atoms with Gasteiger partial charge in [0.1, 0.15) is 6.10 Å². The van der Waals surface area contributed by atoms with E-state index in [0.717, 1.165) is 0 Å². The van der Waals surface area contributed by atoms with E-state index in [1.807, 2.05) is 13.8 Å². The predicted molar refractivity (Wildman–Crippen MR) is 49.3 cm³/mol. The van der Waals surface area contributed by atoms with Gasteiger partial charge in [0, 0.05) is 5.57 Å². The highest BCUT2D eigenvalue weighted by atomic mass is 35.5. The van der Waals surface area contributed by atoms with Crippen LogP contribution in [-0.4, -0.2) is 23.3 Å².